The lowest BCUT2D eigenvalue weighted by Gasteiger charge is -2.36. The number of carbonyl (C=O) groups is 1. The standard InChI is InChI=1S/C21H29N3O2/c1-26-17-6-3-14(4-7-17)10-23-11-15-2-5-16(13-23)24(12-15)21(25)20-18-8-22-9-19(18)20/h3-4,6-7,15-16,18-20,22H,2,5,8-13H2,1H3/t15-,16+,18-,19+,20?/m1/s1. The number of fused-ring (bicyclic) bond motifs is 5. The van der Waals surface area contributed by atoms with E-state index in [9.17, 15) is 4.79 Å². The molecule has 0 aromatic heterocycles. The number of carbonyl (C=O) groups excluding carboxylic acids is 1. The molecule has 2 bridgehead atoms. The molecule has 1 aromatic carbocycles. The molecule has 1 amide bonds. The number of rotatable bonds is 4. The highest BCUT2D eigenvalue weighted by molar-refractivity contribution is 5.83. The predicted octanol–water partition coefficient (Wildman–Crippen LogP) is 1.58. The van der Waals surface area contributed by atoms with E-state index in [1.807, 2.05) is 12.1 Å². The van der Waals surface area contributed by atoms with Gasteiger partial charge in [-0.3, -0.25) is 9.69 Å². The molecule has 1 aliphatic carbocycles. The molecular formula is C21H29N3O2. The van der Waals surface area contributed by atoms with E-state index in [1.165, 1.54) is 18.4 Å². The molecule has 0 spiro atoms. The SMILES string of the molecule is COc1ccc(CN2C[C@H]3CC[C@@H](C2)N(C(=O)C2[C@H]4CNC[C@@H]24)C3)cc1. The lowest BCUT2D eigenvalue weighted by molar-refractivity contribution is -0.137. The summed E-state index contributed by atoms with van der Waals surface area (Å²) in [5.74, 6) is 3.58. The average Bonchev–Trinajstić information content (AvgIpc) is 3.28. The Labute approximate surface area is 155 Å². The van der Waals surface area contributed by atoms with Crippen molar-refractivity contribution < 1.29 is 9.53 Å². The number of amides is 1. The summed E-state index contributed by atoms with van der Waals surface area (Å²) in [5.41, 5.74) is 1.33. The van der Waals surface area contributed by atoms with Crippen molar-refractivity contribution >= 4 is 5.91 Å². The molecule has 5 heteroatoms. The fourth-order valence-corrected chi connectivity index (χ4v) is 5.54. The second-order valence-electron chi connectivity index (χ2n) is 8.64. The van der Waals surface area contributed by atoms with Crippen LogP contribution in [-0.4, -0.2) is 61.6 Å². The van der Waals surface area contributed by atoms with Crippen molar-refractivity contribution in [3.05, 3.63) is 29.8 Å². The van der Waals surface area contributed by atoms with E-state index < -0.39 is 0 Å². The zero-order valence-corrected chi connectivity index (χ0v) is 15.6. The van der Waals surface area contributed by atoms with Crippen LogP contribution in [0.4, 0.5) is 0 Å². The summed E-state index contributed by atoms with van der Waals surface area (Å²) in [6.45, 7) is 6.18. The molecule has 5 aliphatic rings. The van der Waals surface area contributed by atoms with Gasteiger partial charge in [-0.2, -0.15) is 0 Å². The van der Waals surface area contributed by atoms with Gasteiger partial charge in [-0.1, -0.05) is 12.1 Å². The van der Waals surface area contributed by atoms with Gasteiger partial charge in [0.05, 0.1) is 7.11 Å². The van der Waals surface area contributed by atoms with Gasteiger partial charge >= 0.3 is 0 Å². The minimum absolute atomic E-state index is 0.325. The summed E-state index contributed by atoms with van der Waals surface area (Å²) in [6, 6.07) is 8.81. The molecule has 5 nitrogen and oxygen atoms in total. The number of ether oxygens (including phenoxy) is 1. The first-order valence-corrected chi connectivity index (χ1v) is 10.1. The van der Waals surface area contributed by atoms with E-state index in [1.54, 1.807) is 7.11 Å². The summed E-state index contributed by atoms with van der Waals surface area (Å²) >= 11 is 0. The second-order valence-corrected chi connectivity index (χ2v) is 8.64. The summed E-state index contributed by atoms with van der Waals surface area (Å²) in [6.07, 6.45) is 2.45. The molecule has 4 aliphatic heterocycles. The van der Waals surface area contributed by atoms with Crippen LogP contribution in [0.2, 0.25) is 0 Å². The summed E-state index contributed by atoms with van der Waals surface area (Å²) < 4.78 is 5.26. The Morgan fingerprint density at radius 1 is 1.12 bits per heavy atom. The summed E-state index contributed by atoms with van der Waals surface area (Å²) in [7, 11) is 1.71. The van der Waals surface area contributed by atoms with Crippen molar-refractivity contribution in [1.82, 2.24) is 15.1 Å². The largest absolute Gasteiger partial charge is 0.497 e. The predicted molar refractivity (Wildman–Crippen MR) is 99.8 cm³/mol. The zero-order chi connectivity index (χ0) is 17.7. The van der Waals surface area contributed by atoms with Gasteiger partial charge in [0.25, 0.3) is 0 Å². The maximum atomic E-state index is 13.1. The van der Waals surface area contributed by atoms with Crippen LogP contribution in [0.25, 0.3) is 0 Å². The van der Waals surface area contributed by atoms with Crippen LogP contribution in [0.15, 0.2) is 24.3 Å². The molecule has 4 saturated heterocycles. The first-order valence-electron chi connectivity index (χ1n) is 10.1. The Morgan fingerprint density at radius 3 is 2.62 bits per heavy atom. The maximum absolute atomic E-state index is 13.1. The number of piperidine rings is 2. The third-order valence-electron chi connectivity index (χ3n) is 7.01. The molecule has 1 aromatic rings. The number of hydrogen-bond acceptors (Lipinski definition) is 4. The molecule has 26 heavy (non-hydrogen) atoms. The van der Waals surface area contributed by atoms with E-state index >= 15 is 0 Å². The van der Waals surface area contributed by atoms with E-state index in [-0.39, 0.29) is 0 Å². The zero-order valence-electron chi connectivity index (χ0n) is 15.6. The first-order chi connectivity index (χ1) is 12.7. The van der Waals surface area contributed by atoms with Gasteiger partial charge in [0.1, 0.15) is 5.75 Å². The number of benzene rings is 1. The lowest BCUT2D eigenvalue weighted by Crippen LogP contribution is -2.48. The van der Waals surface area contributed by atoms with Crippen LogP contribution in [0.3, 0.4) is 0 Å². The van der Waals surface area contributed by atoms with Gasteiger partial charge in [-0.05, 0) is 61.4 Å². The number of hydrogen-bond donors (Lipinski definition) is 1. The average molecular weight is 355 g/mol. The molecule has 6 rings (SSSR count). The minimum atomic E-state index is 0.325. The van der Waals surface area contributed by atoms with E-state index in [0.29, 0.717) is 35.6 Å². The highest BCUT2D eigenvalue weighted by Crippen LogP contribution is 2.50. The normalized spacial score (nSPS) is 35.9. The monoisotopic (exact) mass is 355 g/mol. The Bertz CT molecular complexity index is 666. The number of methoxy groups -OCH3 is 1. The highest BCUT2D eigenvalue weighted by Gasteiger charge is 2.58. The van der Waals surface area contributed by atoms with Crippen LogP contribution < -0.4 is 10.1 Å². The Kier molecular flexibility index (Phi) is 4.17. The molecule has 140 valence electrons. The molecule has 5 atom stereocenters. The van der Waals surface area contributed by atoms with Crippen LogP contribution in [0, 0.1) is 23.7 Å². The summed E-state index contributed by atoms with van der Waals surface area (Å²) in [4.78, 5) is 17.9. The van der Waals surface area contributed by atoms with Crippen LogP contribution in [-0.2, 0) is 11.3 Å². The van der Waals surface area contributed by atoms with E-state index in [2.05, 4.69) is 27.2 Å². The van der Waals surface area contributed by atoms with Crippen LogP contribution in [0.1, 0.15) is 18.4 Å². The van der Waals surface area contributed by atoms with Crippen molar-refractivity contribution in [2.24, 2.45) is 23.7 Å². The first kappa shape index (κ1) is 16.6. The smallest absolute Gasteiger partial charge is 0.226 e. The van der Waals surface area contributed by atoms with Crippen LogP contribution in [0.5, 0.6) is 5.75 Å². The van der Waals surface area contributed by atoms with Crippen LogP contribution >= 0.6 is 0 Å². The van der Waals surface area contributed by atoms with Crippen molar-refractivity contribution in [3.8, 4) is 5.75 Å². The third-order valence-corrected chi connectivity index (χ3v) is 7.01. The van der Waals surface area contributed by atoms with Crippen molar-refractivity contribution in [3.63, 3.8) is 0 Å². The van der Waals surface area contributed by atoms with Gasteiger partial charge in [0.15, 0.2) is 0 Å². The fraction of sp³-hybridized carbons (Fsp3) is 0.667. The lowest BCUT2D eigenvalue weighted by atomic mass is 9.94. The Morgan fingerprint density at radius 2 is 1.88 bits per heavy atom. The molecule has 1 saturated carbocycles. The maximum Gasteiger partial charge on any atom is 0.226 e. The van der Waals surface area contributed by atoms with Crippen molar-refractivity contribution in [2.75, 3.05) is 39.8 Å². The molecule has 1 unspecified atom stereocenters. The topological polar surface area (TPSA) is 44.8 Å². The van der Waals surface area contributed by atoms with Gasteiger partial charge in [0.2, 0.25) is 5.91 Å². The Hall–Kier alpha value is -1.59. The molecule has 1 N–H and O–H groups in total. The summed E-state index contributed by atoms with van der Waals surface area (Å²) in [5, 5.41) is 3.41. The Balaban J connectivity index is 1.25. The third kappa shape index (κ3) is 2.91. The molecule has 5 fully saturated rings. The van der Waals surface area contributed by atoms with Gasteiger partial charge in [0, 0.05) is 38.1 Å². The quantitative estimate of drug-likeness (QED) is 0.891. The van der Waals surface area contributed by atoms with Crippen molar-refractivity contribution in [1.29, 1.82) is 0 Å². The fourth-order valence-electron chi connectivity index (χ4n) is 5.54. The highest BCUT2D eigenvalue weighted by atomic mass is 16.5. The molecule has 0 radical (unpaired) electrons. The van der Waals surface area contributed by atoms with Gasteiger partial charge in [-0.25, -0.2) is 0 Å². The van der Waals surface area contributed by atoms with E-state index in [0.717, 1.165) is 45.0 Å². The van der Waals surface area contributed by atoms with Gasteiger partial charge < -0.3 is 15.0 Å². The molecular weight excluding hydrogens is 326 g/mol. The number of nitrogens with zero attached hydrogens (tertiary/aromatic N) is 2. The molecule has 4 heterocycles. The minimum Gasteiger partial charge on any atom is -0.497 e. The second kappa shape index (κ2) is 6.54. The van der Waals surface area contributed by atoms with Gasteiger partial charge in [-0.15, -0.1) is 0 Å². The number of nitrogens with one attached hydrogen (secondary N) is 1. The van der Waals surface area contributed by atoms with E-state index in [4.69, 9.17) is 4.74 Å². The van der Waals surface area contributed by atoms with Crippen molar-refractivity contribution in [2.45, 2.75) is 25.4 Å².